The van der Waals surface area contributed by atoms with Crippen molar-refractivity contribution in [3.63, 3.8) is 0 Å². The quantitative estimate of drug-likeness (QED) is 0.402. The molecule has 0 bridgehead atoms. The van der Waals surface area contributed by atoms with Crippen LogP contribution in [0.15, 0.2) is 72.6 Å². The largest absolute Gasteiger partial charge is 0.143 e. The molecule has 0 N–H and O–H groups in total. The van der Waals surface area contributed by atoms with Crippen LogP contribution in [0, 0.1) is 0 Å². The summed E-state index contributed by atoms with van der Waals surface area (Å²) >= 11 is 1.80. The predicted molar refractivity (Wildman–Crippen MR) is 94.9 cm³/mol. The maximum Gasteiger partial charge on any atom is 0.0349 e. The van der Waals surface area contributed by atoms with E-state index >= 15 is 0 Å². The lowest BCUT2D eigenvalue weighted by molar-refractivity contribution is 1.69. The van der Waals surface area contributed by atoms with Crippen molar-refractivity contribution >= 4 is 38.3 Å². The first kappa shape index (κ1) is 12.4. The number of rotatable bonds is 2. The molecule has 0 aliphatic rings. The van der Waals surface area contributed by atoms with E-state index in [0.29, 0.717) is 0 Å². The highest BCUT2D eigenvalue weighted by Crippen LogP contribution is 2.39. The summed E-state index contributed by atoms with van der Waals surface area (Å²) in [6.45, 7) is 3.99. The van der Waals surface area contributed by atoms with Crippen LogP contribution in [-0.2, 0) is 0 Å². The molecule has 21 heavy (non-hydrogen) atoms. The van der Waals surface area contributed by atoms with Gasteiger partial charge in [-0.3, -0.25) is 0 Å². The van der Waals surface area contributed by atoms with Gasteiger partial charge in [-0.05, 0) is 33.3 Å². The van der Waals surface area contributed by atoms with Gasteiger partial charge in [-0.15, -0.1) is 11.3 Å². The first-order chi connectivity index (χ1) is 10.4. The van der Waals surface area contributed by atoms with Crippen molar-refractivity contribution in [3.8, 4) is 11.1 Å². The van der Waals surface area contributed by atoms with Crippen molar-refractivity contribution in [2.45, 2.75) is 0 Å². The Labute approximate surface area is 128 Å². The standard InChI is InChI=1S/C20H14S/c1-2-14-11-12-15-7-3-4-8-16(15)20(14)18-13-21-19-10-6-5-9-17(18)19/h2-13H,1H2. The lowest BCUT2D eigenvalue weighted by atomic mass is 9.93. The molecule has 1 heteroatoms. The van der Waals surface area contributed by atoms with Crippen LogP contribution in [0.25, 0.3) is 38.1 Å². The van der Waals surface area contributed by atoms with E-state index < -0.39 is 0 Å². The van der Waals surface area contributed by atoms with Crippen LogP contribution >= 0.6 is 11.3 Å². The van der Waals surface area contributed by atoms with Gasteiger partial charge >= 0.3 is 0 Å². The minimum atomic E-state index is 1.19. The Bertz CT molecular complexity index is 960. The Morgan fingerprint density at radius 3 is 2.43 bits per heavy atom. The summed E-state index contributed by atoms with van der Waals surface area (Å²) in [5, 5.41) is 6.15. The number of hydrogen-bond acceptors (Lipinski definition) is 1. The topological polar surface area (TPSA) is 0 Å². The Morgan fingerprint density at radius 2 is 1.57 bits per heavy atom. The molecule has 0 aliphatic carbocycles. The molecule has 0 radical (unpaired) electrons. The molecule has 1 heterocycles. The molecule has 0 nitrogen and oxygen atoms in total. The highest BCUT2D eigenvalue weighted by molar-refractivity contribution is 7.17. The number of hydrogen-bond donors (Lipinski definition) is 0. The van der Waals surface area contributed by atoms with Crippen LogP contribution in [0.3, 0.4) is 0 Å². The SMILES string of the molecule is C=Cc1ccc2ccccc2c1-c1csc2ccccc12. The summed E-state index contributed by atoms with van der Waals surface area (Å²) in [6.07, 6.45) is 1.95. The molecule has 1 aromatic heterocycles. The normalized spacial score (nSPS) is 11.0. The highest BCUT2D eigenvalue weighted by Gasteiger charge is 2.12. The second-order valence-corrected chi connectivity index (χ2v) is 6.01. The van der Waals surface area contributed by atoms with Gasteiger partial charge in [-0.2, -0.15) is 0 Å². The minimum Gasteiger partial charge on any atom is -0.143 e. The molecular weight excluding hydrogens is 272 g/mol. The fourth-order valence-corrected chi connectivity index (χ4v) is 3.88. The van der Waals surface area contributed by atoms with E-state index in [-0.39, 0.29) is 0 Å². The monoisotopic (exact) mass is 286 g/mol. The van der Waals surface area contributed by atoms with Gasteiger partial charge < -0.3 is 0 Å². The van der Waals surface area contributed by atoms with E-state index in [1.807, 2.05) is 6.08 Å². The third-order valence-electron chi connectivity index (χ3n) is 3.93. The molecule has 100 valence electrons. The average Bonchev–Trinajstić information content (AvgIpc) is 2.97. The van der Waals surface area contributed by atoms with Crippen LogP contribution in [0.1, 0.15) is 5.56 Å². The van der Waals surface area contributed by atoms with Crippen LogP contribution in [0.5, 0.6) is 0 Å². The van der Waals surface area contributed by atoms with Gasteiger partial charge in [0.15, 0.2) is 0 Å². The summed E-state index contributed by atoms with van der Waals surface area (Å²) in [4.78, 5) is 0. The molecule has 4 rings (SSSR count). The van der Waals surface area contributed by atoms with E-state index in [4.69, 9.17) is 0 Å². The van der Waals surface area contributed by atoms with Crippen molar-refractivity contribution in [1.29, 1.82) is 0 Å². The first-order valence-corrected chi connectivity index (χ1v) is 7.87. The summed E-state index contributed by atoms with van der Waals surface area (Å²) in [7, 11) is 0. The van der Waals surface area contributed by atoms with Gasteiger partial charge in [-0.1, -0.05) is 67.3 Å². The highest BCUT2D eigenvalue weighted by atomic mass is 32.1. The van der Waals surface area contributed by atoms with Crippen LogP contribution < -0.4 is 0 Å². The second kappa shape index (κ2) is 4.87. The smallest absolute Gasteiger partial charge is 0.0349 e. The van der Waals surface area contributed by atoms with Crippen LogP contribution in [0.4, 0.5) is 0 Å². The Morgan fingerprint density at radius 1 is 0.810 bits per heavy atom. The molecule has 0 unspecified atom stereocenters. The van der Waals surface area contributed by atoms with Crippen molar-refractivity contribution < 1.29 is 0 Å². The molecular formula is C20H14S. The van der Waals surface area contributed by atoms with Crippen molar-refractivity contribution in [2.75, 3.05) is 0 Å². The summed E-state index contributed by atoms with van der Waals surface area (Å²) in [5.41, 5.74) is 3.79. The Kier molecular flexibility index (Phi) is 2.87. The molecule has 0 spiro atoms. The van der Waals surface area contributed by atoms with E-state index in [1.165, 1.54) is 37.5 Å². The van der Waals surface area contributed by atoms with E-state index in [0.717, 1.165) is 0 Å². The molecule has 0 fully saturated rings. The molecule has 0 saturated heterocycles. The molecule has 0 amide bonds. The minimum absolute atomic E-state index is 1.19. The summed E-state index contributed by atoms with van der Waals surface area (Å²) in [6, 6.07) is 21.5. The molecule has 0 saturated carbocycles. The lowest BCUT2D eigenvalue weighted by Crippen LogP contribution is -1.85. The van der Waals surface area contributed by atoms with Gasteiger partial charge in [0, 0.05) is 15.6 Å². The fourth-order valence-electron chi connectivity index (χ4n) is 2.93. The summed E-state index contributed by atoms with van der Waals surface area (Å²) < 4.78 is 1.33. The van der Waals surface area contributed by atoms with E-state index in [9.17, 15) is 0 Å². The Balaban J connectivity index is 2.16. The van der Waals surface area contributed by atoms with Crippen molar-refractivity contribution in [2.24, 2.45) is 0 Å². The van der Waals surface area contributed by atoms with Gasteiger partial charge in [0.05, 0.1) is 0 Å². The number of thiophene rings is 1. The van der Waals surface area contributed by atoms with Crippen molar-refractivity contribution in [3.05, 3.63) is 78.2 Å². The second-order valence-electron chi connectivity index (χ2n) is 5.10. The zero-order valence-electron chi connectivity index (χ0n) is 11.5. The van der Waals surface area contributed by atoms with E-state index in [2.05, 4.69) is 72.6 Å². The van der Waals surface area contributed by atoms with Crippen LogP contribution in [0.2, 0.25) is 0 Å². The maximum atomic E-state index is 3.99. The zero-order chi connectivity index (χ0) is 14.2. The van der Waals surface area contributed by atoms with Crippen LogP contribution in [-0.4, -0.2) is 0 Å². The van der Waals surface area contributed by atoms with Gasteiger partial charge in [0.25, 0.3) is 0 Å². The zero-order valence-corrected chi connectivity index (χ0v) is 12.4. The van der Waals surface area contributed by atoms with Gasteiger partial charge in [0.1, 0.15) is 0 Å². The first-order valence-electron chi connectivity index (χ1n) is 6.99. The third kappa shape index (κ3) is 1.90. The fraction of sp³-hybridized carbons (Fsp3) is 0. The van der Waals surface area contributed by atoms with Gasteiger partial charge in [0.2, 0.25) is 0 Å². The lowest BCUT2D eigenvalue weighted by Gasteiger charge is -2.10. The molecule has 4 aromatic rings. The maximum absolute atomic E-state index is 3.99. The van der Waals surface area contributed by atoms with E-state index in [1.54, 1.807) is 11.3 Å². The molecule has 0 aliphatic heterocycles. The third-order valence-corrected chi connectivity index (χ3v) is 4.89. The molecule has 0 atom stereocenters. The Hall–Kier alpha value is -2.38. The number of fused-ring (bicyclic) bond motifs is 2. The number of benzene rings is 3. The van der Waals surface area contributed by atoms with Crippen molar-refractivity contribution in [1.82, 2.24) is 0 Å². The average molecular weight is 286 g/mol. The predicted octanol–water partition coefficient (Wildman–Crippen LogP) is 6.36. The molecule has 3 aromatic carbocycles. The summed E-state index contributed by atoms with van der Waals surface area (Å²) in [5.74, 6) is 0. The van der Waals surface area contributed by atoms with Gasteiger partial charge in [-0.25, -0.2) is 0 Å².